The summed E-state index contributed by atoms with van der Waals surface area (Å²) in [5.74, 6) is -0.486. The van der Waals surface area contributed by atoms with Gasteiger partial charge in [-0.05, 0) is 63.9 Å². The minimum absolute atomic E-state index is 0.0558. The normalized spacial score (nSPS) is 12.7. The Hall–Kier alpha value is -4.63. The van der Waals surface area contributed by atoms with Crippen molar-refractivity contribution in [1.29, 1.82) is 0 Å². The Bertz CT molecular complexity index is 1540. The number of aliphatic imine (C=N–C) groups is 1. The number of aromatic amines is 1. The van der Waals surface area contributed by atoms with Crippen LogP contribution in [0.4, 0.5) is 10.5 Å². The van der Waals surface area contributed by atoms with Crippen LogP contribution in [0.3, 0.4) is 0 Å². The van der Waals surface area contributed by atoms with Crippen molar-refractivity contribution in [1.82, 2.24) is 10.3 Å². The molecule has 1 atom stereocenters. The number of aromatic hydroxyl groups is 1. The van der Waals surface area contributed by atoms with Crippen molar-refractivity contribution in [3.63, 3.8) is 0 Å². The number of rotatable bonds is 9. The van der Waals surface area contributed by atoms with Crippen molar-refractivity contribution in [3.05, 3.63) is 95.1 Å². The smallest absolute Gasteiger partial charge is 0.407 e. The van der Waals surface area contributed by atoms with E-state index in [1.54, 1.807) is 25.1 Å². The fourth-order valence-electron chi connectivity index (χ4n) is 4.36. The predicted molar refractivity (Wildman–Crippen MR) is 160 cm³/mol. The number of H-pyrrole nitrogens is 1. The van der Waals surface area contributed by atoms with Crippen LogP contribution >= 0.6 is 0 Å². The van der Waals surface area contributed by atoms with Gasteiger partial charge in [0.15, 0.2) is 5.88 Å². The number of nitrogens with one attached hydrogen (secondary N) is 2. The molecule has 0 saturated heterocycles. The van der Waals surface area contributed by atoms with Crippen LogP contribution in [0.15, 0.2) is 77.8 Å². The van der Waals surface area contributed by atoms with Gasteiger partial charge in [0.05, 0.1) is 29.1 Å². The molecule has 1 heterocycles. The maximum atomic E-state index is 12.2. The number of fused-ring (bicyclic) bond motifs is 1. The first-order chi connectivity index (χ1) is 19.6. The number of hydrogen-bond acceptors (Lipinski definition) is 7. The summed E-state index contributed by atoms with van der Waals surface area (Å²) in [6.07, 6.45) is 0.0641. The Morgan fingerprint density at radius 3 is 2.39 bits per heavy atom. The Morgan fingerprint density at radius 2 is 1.73 bits per heavy atom. The van der Waals surface area contributed by atoms with Crippen LogP contribution in [0, 0.1) is 0 Å². The van der Waals surface area contributed by atoms with Gasteiger partial charge in [-0.25, -0.2) is 14.6 Å². The molecule has 0 radical (unpaired) electrons. The standard InChI is InChI=1S/C32H36N4O5/c1-5-40-30(38)22-13-16-24-26(19-22)36-29(37)27(24)28(21-9-7-6-8-10-21)35-23-14-11-20(12-15-23)25(33)17-18-34-31(39)41-32(2,3)4/h6-16,19,25,36-37H,5,17-18,33H2,1-4H3,(H,34,39). The van der Waals surface area contributed by atoms with E-state index in [9.17, 15) is 14.7 Å². The largest absolute Gasteiger partial charge is 0.494 e. The number of carbonyl (C=O) groups excluding carboxylic acids is 2. The van der Waals surface area contributed by atoms with Crippen LogP contribution < -0.4 is 11.1 Å². The van der Waals surface area contributed by atoms with Crippen LogP contribution in [-0.4, -0.2) is 46.6 Å². The van der Waals surface area contributed by atoms with Crippen molar-refractivity contribution in [2.45, 2.75) is 45.8 Å². The quantitative estimate of drug-likeness (QED) is 0.144. The van der Waals surface area contributed by atoms with E-state index in [-0.39, 0.29) is 18.5 Å². The van der Waals surface area contributed by atoms with Crippen LogP contribution in [0.2, 0.25) is 0 Å². The first-order valence-corrected chi connectivity index (χ1v) is 13.5. The summed E-state index contributed by atoms with van der Waals surface area (Å²) in [7, 11) is 0. The first-order valence-electron chi connectivity index (χ1n) is 13.5. The molecule has 3 aromatic carbocycles. The van der Waals surface area contributed by atoms with Crippen molar-refractivity contribution >= 4 is 34.4 Å². The van der Waals surface area contributed by atoms with Gasteiger partial charge in [0.1, 0.15) is 5.60 Å². The highest BCUT2D eigenvalue weighted by Gasteiger charge is 2.20. The van der Waals surface area contributed by atoms with Gasteiger partial charge in [-0.15, -0.1) is 0 Å². The zero-order chi connectivity index (χ0) is 29.6. The molecule has 0 spiro atoms. The first kappa shape index (κ1) is 29.4. The lowest BCUT2D eigenvalue weighted by atomic mass is 10.00. The minimum atomic E-state index is -0.559. The topological polar surface area (TPSA) is 139 Å². The van der Waals surface area contributed by atoms with Gasteiger partial charge in [0.2, 0.25) is 0 Å². The van der Waals surface area contributed by atoms with E-state index >= 15 is 0 Å². The molecule has 1 unspecified atom stereocenters. The van der Waals surface area contributed by atoms with Crippen molar-refractivity contribution in [2.75, 3.05) is 13.2 Å². The van der Waals surface area contributed by atoms with Gasteiger partial charge in [-0.2, -0.15) is 0 Å². The second-order valence-electron chi connectivity index (χ2n) is 10.6. The van der Waals surface area contributed by atoms with Gasteiger partial charge in [-0.1, -0.05) is 48.5 Å². The zero-order valence-electron chi connectivity index (χ0n) is 23.7. The third-order valence-electron chi connectivity index (χ3n) is 6.26. The van der Waals surface area contributed by atoms with Crippen molar-refractivity contribution in [3.8, 4) is 5.88 Å². The van der Waals surface area contributed by atoms with Gasteiger partial charge in [-0.3, -0.25) is 0 Å². The Morgan fingerprint density at radius 1 is 1.02 bits per heavy atom. The lowest BCUT2D eigenvalue weighted by Gasteiger charge is -2.20. The van der Waals surface area contributed by atoms with Crippen LogP contribution in [-0.2, 0) is 9.47 Å². The molecule has 4 rings (SSSR count). The average Bonchev–Trinajstić information content (AvgIpc) is 3.26. The summed E-state index contributed by atoms with van der Waals surface area (Å²) in [6, 6.07) is 21.9. The molecule has 0 saturated carbocycles. The second kappa shape index (κ2) is 12.7. The molecule has 0 aliphatic rings. The zero-order valence-corrected chi connectivity index (χ0v) is 23.7. The number of hydrogen-bond donors (Lipinski definition) is 4. The van der Waals surface area contributed by atoms with Crippen molar-refractivity contribution in [2.24, 2.45) is 10.7 Å². The van der Waals surface area contributed by atoms with E-state index in [0.29, 0.717) is 46.4 Å². The molecule has 0 bridgehead atoms. The van der Waals surface area contributed by atoms with E-state index in [1.165, 1.54) is 0 Å². The number of nitrogens with two attached hydrogens (primary N) is 1. The van der Waals surface area contributed by atoms with E-state index in [2.05, 4.69) is 10.3 Å². The molecule has 9 heteroatoms. The maximum Gasteiger partial charge on any atom is 0.407 e. The molecule has 0 fully saturated rings. The SMILES string of the molecule is CCOC(=O)c1ccc2c(C(=Nc3ccc(C(N)CCNC(=O)OC(C)(C)C)cc3)c3ccccc3)c(O)[nH]c2c1. The summed E-state index contributed by atoms with van der Waals surface area (Å²) < 4.78 is 10.4. The number of amides is 1. The molecular formula is C32H36N4O5. The molecule has 1 amide bonds. The predicted octanol–water partition coefficient (Wildman–Crippen LogP) is 6.13. The Balaban J connectivity index is 1.59. The van der Waals surface area contributed by atoms with Crippen molar-refractivity contribution < 1.29 is 24.2 Å². The number of esters is 1. The van der Waals surface area contributed by atoms with Gasteiger partial charge in [0, 0.05) is 29.1 Å². The van der Waals surface area contributed by atoms with Crippen LogP contribution in [0.1, 0.15) is 67.2 Å². The highest BCUT2D eigenvalue weighted by atomic mass is 16.6. The molecule has 4 aromatic rings. The molecule has 5 N–H and O–H groups in total. The molecular weight excluding hydrogens is 520 g/mol. The molecule has 0 aliphatic heterocycles. The Labute approximate surface area is 239 Å². The number of benzene rings is 3. The molecule has 9 nitrogen and oxygen atoms in total. The average molecular weight is 557 g/mol. The number of carbonyl (C=O) groups is 2. The van der Waals surface area contributed by atoms with E-state index < -0.39 is 17.7 Å². The van der Waals surface area contributed by atoms with E-state index in [1.807, 2.05) is 75.4 Å². The van der Waals surface area contributed by atoms with Crippen LogP contribution in [0.25, 0.3) is 10.9 Å². The Kier molecular flexibility index (Phi) is 9.09. The number of nitrogens with zero attached hydrogens (tertiary/aromatic N) is 1. The maximum absolute atomic E-state index is 12.2. The summed E-state index contributed by atoms with van der Waals surface area (Å²) >= 11 is 0. The highest BCUT2D eigenvalue weighted by molar-refractivity contribution is 6.22. The lowest BCUT2D eigenvalue weighted by molar-refractivity contribution is 0.0516. The summed E-state index contributed by atoms with van der Waals surface area (Å²) in [5.41, 5.74) is 10.3. The fraction of sp³-hybridized carbons (Fsp3) is 0.281. The summed E-state index contributed by atoms with van der Waals surface area (Å²) in [4.78, 5) is 32.0. The summed E-state index contributed by atoms with van der Waals surface area (Å²) in [6.45, 7) is 7.84. The minimum Gasteiger partial charge on any atom is -0.494 e. The third kappa shape index (κ3) is 7.52. The fourth-order valence-corrected chi connectivity index (χ4v) is 4.36. The highest BCUT2D eigenvalue weighted by Crippen LogP contribution is 2.32. The van der Waals surface area contributed by atoms with Gasteiger partial charge >= 0.3 is 12.1 Å². The van der Waals surface area contributed by atoms with Gasteiger partial charge in [0.25, 0.3) is 0 Å². The monoisotopic (exact) mass is 556 g/mol. The van der Waals surface area contributed by atoms with Crippen LogP contribution in [0.5, 0.6) is 5.88 Å². The molecule has 214 valence electrons. The molecule has 41 heavy (non-hydrogen) atoms. The number of aromatic nitrogens is 1. The molecule has 0 aliphatic carbocycles. The molecule has 1 aromatic heterocycles. The second-order valence-corrected chi connectivity index (χ2v) is 10.6. The van der Waals surface area contributed by atoms with E-state index in [0.717, 1.165) is 11.1 Å². The summed E-state index contributed by atoms with van der Waals surface area (Å²) in [5, 5.41) is 14.4. The number of ether oxygens (including phenoxy) is 2. The number of alkyl carbamates (subject to hydrolysis) is 1. The van der Waals surface area contributed by atoms with E-state index in [4.69, 9.17) is 20.2 Å². The van der Waals surface area contributed by atoms with Gasteiger partial charge < -0.3 is 30.6 Å². The third-order valence-corrected chi connectivity index (χ3v) is 6.26. The lowest BCUT2D eigenvalue weighted by Crippen LogP contribution is -2.33.